The topological polar surface area (TPSA) is 44.8 Å². The Morgan fingerprint density at radius 1 is 1.19 bits per heavy atom. The van der Waals surface area contributed by atoms with Crippen molar-refractivity contribution in [3.05, 3.63) is 0 Å². The van der Waals surface area contributed by atoms with E-state index in [-0.39, 0.29) is 5.97 Å². The van der Waals surface area contributed by atoms with Gasteiger partial charge in [0.05, 0.1) is 35.5 Å². The molecule has 0 saturated carbocycles. The zero-order chi connectivity index (χ0) is 12.1. The lowest BCUT2D eigenvalue weighted by molar-refractivity contribution is -0.144. The van der Waals surface area contributed by atoms with E-state index in [1.807, 2.05) is 0 Å². The number of hydrogen-bond donors (Lipinski definition) is 0. The molecule has 0 aliphatic heterocycles. The summed E-state index contributed by atoms with van der Waals surface area (Å²) in [6.45, 7) is 4.19. The number of unbranched alkanes of at least 4 members (excludes halogenated alkanes) is 2. The highest BCUT2D eigenvalue weighted by Crippen LogP contribution is 2.12. The minimum Gasteiger partial charge on any atom is -0.466 e. The Morgan fingerprint density at radius 2 is 1.94 bits per heavy atom. The van der Waals surface area contributed by atoms with Crippen LogP contribution < -0.4 is 0 Å². The first-order valence-corrected chi connectivity index (χ1v) is 8.73. The fourth-order valence-corrected chi connectivity index (χ4v) is 1.78. The maximum Gasteiger partial charge on any atom is 0.308 e. The Morgan fingerprint density at radius 3 is 2.62 bits per heavy atom. The molecule has 0 radical (unpaired) electrons. The van der Waals surface area contributed by atoms with Gasteiger partial charge in [0.15, 0.2) is 0 Å². The number of carbonyl (C=O) groups is 1. The third kappa shape index (κ3) is 12.5. The van der Waals surface area contributed by atoms with Gasteiger partial charge in [0.25, 0.3) is 0 Å². The summed E-state index contributed by atoms with van der Waals surface area (Å²) < 4.78 is 15.2. The van der Waals surface area contributed by atoms with Crippen LogP contribution in [0.3, 0.4) is 0 Å². The molecule has 0 amide bonds. The molecule has 0 rings (SSSR count). The lowest BCUT2D eigenvalue weighted by Gasteiger charge is -2.04. The first kappa shape index (κ1) is 16.5. The van der Waals surface area contributed by atoms with Gasteiger partial charge in [0, 0.05) is 27.8 Å². The quantitative estimate of drug-likeness (QED) is 0.245. The molecule has 0 atom stereocenters. The number of rotatable bonds is 11. The van der Waals surface area contributed by atoms with E-state index in [0.717, 1.165) is 25.9 Å². The third-order valence-corrected chi connectivity index (χ3v) is 2.84. The van der Waals surface area contributed by atoms with Crippen LogP contribution in [0.2, 0.25) is 0 Å². The molecule has 4 nitrogen and oxygen atoms in total. The van der Waals surface area contributed by atoms with Gasteiger partial charge in [-0.05, 0) is 26.2 Å². The molecule has 0 heterocycles. The summed E-state index contributed by atoms with van der Waals surface area (Å²) in [5.74, 6) is -0.185. The Bertz CT molecular complexity index is 169. The van der Waals surface area contributed by atoms with E-state index in [1.54, 1.807) is 6.92 Å². The Hall–Kier alpha value is 0.470. The zero-order valence-corrected chi connectivity index (χ0v) is 12.6. The Kier molecular flexibility index (Phi) is 13.9. The van der Waals surface area contributed by atoms with Crippen LogP contribution in [-0.4, -0.2) is 32.4 Å². The average Bonchev–Trinajstić information content (AvgIpc) is 2.27. The first-order valence-electron chi connectivity index (χ1n) is 5.44. The van der Waals surface area contributed by atoms with Crippen molar-refractivity contribution in [1.29, 1.82) is 0 Å². The zero-order valence-electron chi connectivity index (χ0n) is 9.58. The molecular weight excluding hydrogens is 343 g/mol. The monoisotopic (exact) mass is 362 g/mol. The van der Waals surface area contributed by atoms with Gasteiger partial charge in [-0.2, -0.15) is 0 Å². The van der Waals surface area contributed by atoms with Crippen LogP contribution in [0.4, 0.5) is 0 Å². The summed E-state index contributed by atoms with van der Waals surface area (Å²) in [5, 5.41) is 0. The maximum atomic E-state index is 10.9. The third-order valence-electron chi connectivity index (χ3n) is 1.82. The minimum atomic E-state index is -0.185. The summed E-state index contributed by atoms with van der Waals surface area (Å²) >= 11 is 2.11. The summed E-state index contributed by atoms with van der Waals surface area (Å²) in [7, 11) is 1.37. The number of ether oxygens (including phenoxy) is 2. The second kappa shape index (κ2) is 13.5. The molecule has 0 bridgehead atoms. The average molecular weight is 362 g/mol. The molecule has 0 unspecified atom stereocenters. The molecule has 0 aromatic heterocycles. The van der Waals surface area contributed by atoms with Gasteiger partial charge >= 0.3 is 5.97 Å². The molecule has 0 aromatic carbocycles. The summed E-state index contributed by atoms with van der Waals surface area (Å²) in [4.78, 5) is 10.9. The Labute approximate surface area is 114 Å². The largest absolute Gasteiger partial charge is 0.466 e. The van der Waals surface area contributed by atoms with Crippen molar-refractivity contribution in [2.45, 2.75) is 32.6 Å². The maximum absolute atomic E-state index is 10.9. The van der Waals surface area contributed by atoms with Crippen molar-refractivity contribution in [1.82, 2.24) is 0 Å². The smallest absolute Gasteiger partial charge is 0.308 e. The standard InChI is InChI=1S/C10H19IO4S/c1-2-14-10(12)6-9-13-7-4-3-5-8-15-16-11/h2-9H2,1H3. The van der Waals surface area contributed by atoms with Crippen LogP contribution in [0, 0.1) is 0 Å². The summed E-state index contributed by atoms with van der Waals surface area (Å²) in [6.07, 6.45) is 3.51. The SMILES string of the molecule is CCOC(=O)CCOCCCCCOSI. The number of halogens is 1. The van der Waals surface area contributed by atoms with E-state index >= 15 is 0 Å². The van der Waals surface area contributed by atoms with E-state index in [9.17, 15) is 4.79 Å². The molecule has 0 N–H and O–H groups in total. The van der Waals surface area contributed by atoms with Crippen molar-refractivity contribution in [2.75, 3.05) is 26.4 Å². The fourth-order valence-electron chi connectivity index (χ4n) is 1.06. The van der Waals surface area contributed by atoms with Gasteiger partial charge in [-0.1, -0.05) is 0 Å². The predicted octanol–water partition coefficient (Wildman–Crippen LogP) is 3.14. The van der Waals surface area contributed by atoms with Crippen molar-refractivity contribution in [2.24, 2.45) is 0 Å². The highest BCUT2D eigenvalue weighted by Gasteiger charge is 2.00. The lowest BCUT2D eigenvalue weighted by atomic mass is 10.2. The second-order valence-electron chi connectivity index (χ2n) is 3.11. The Balaban J connectivity index is 3.01. The van der Waals surface area contributed by atoms with E-state index < -0.39 is 0 Å². The van der Waals surface area contributed by atoms with Gasteiger partial charge in [-0.15, -0.1) is 0 Å². The van der Waals surface area contributed by atoms with E-state index in [4.69, 9.17) is 13.7 Å². The van der Waals surface area contributed by atoms with Crippen molar-refractivity contribution < 1.29 is 18.5 Å². The molecule has 6 heteroatoms. The van der Waals surface area contributed by atoms with Gasteiger partial charge in [0.1, 0.15) is 0 Å². The highest BCUT2D eigenvalue weighted by molar-refractivity contribution is 14.2. The van der Waals surface area contributed by atoms with Crippen LogP contribution in [0.1, 0.15) is 32.6 Å². The van der Waals surface area contributed by atoms with Gasteiger partial charge in [0.2, 0.25) is 0 Å². The molecule has 0 fully saturated rings. The van der Waals surface area contributed by atoms with Crippen LogP contribution in [0.25, 0.3) is 0 Å². The van der Waals surface area contributed by atoms with Crippen LogP contribution in [0.5, 0.6) is 0 Å². The van der Waals surface area contributed by atoms with Gasteiger partial charge in [-0.3, -0.25) is 4.79 Å². The van der Waals surface area contributed by atoms with E-state index in [2.05, 4.69) is 21.2 Å². The van der Waals surface area contributed by atoms with E-state index in [1.165, 1.54) is 9.21 Å². The van der Waals surface area contributed by atoms with Crippen LogP contribution >= 0.6 is 30.4 Å². The normalized spacial score (nSPS) is 10.4. The molecular formula is C10H19IO4S. The van der Waals surface area contributed by atoms with Gasteiger partial charge < -0.3 is 13.7 Å². The number of hydrogen-bond acceptors (Lipinski definition) is 5. The van der Waals surface area contributed by atoms with Gasteiger partial charge in [-0.25, -0.2) is 0 Å². The second-order valence-corrected chi connectivity index (χ2v) is 4.55. The molecule has 0 aliphatic rings. The summed E-state index contributed by atoms with van der Waals surface area (Å²) in [5.41, 5.74) is 0. The first-order chi connectivity index (χ1) is 7.81. The van der Waals surface area contributed by atoms with E-state index in [0.29, 0.717) is 26.2 Å². The number of carbonyl (C=O) groups excluding carboxylic acids is 1. The lowest BCUT2D eigenvalue weighted by Crippen LogP contribution is -2.08. The molecule has 16 heavy (non-hydrogen) atoms. The molecule has 0 aliphatic carbocycles. The highest BCUT2D eigenvalue weighted by atomic mass is 127. The van der Waals surface area contributed by atoms with Crippen molar-refractivity contribution in [3.63, 3.8) is 0 Å². The van der Waals surface area contributed by atoms with Crippen molar-refractivity contribution in [3.8, 4) is 0 Å². The predicted molar refractivity (Wildman–Crippen MR) is 73.5 cm³/mol. The number of esters is 1. The van der Waals surface area contributed by atoms with Crippen LogP contribution in [-0.2, 0) is 18.5 Å². The van der Waals surface area contributed by atoms with Crippen LogP contribution in [0.15, 0.2) is 0 Å². The summed E-state index contributed by atoms with van der Waals surface area (Å²) in [6, 6.07) is 0. The molecule has 0 spiro atoms. The molecule has 0 aromatic rings. The molecule has 96 valence electrons. The fraction of sp³-hybridized carbons (Fsp3) is 0.900. The van der Waals surface area contributed by atoms with Crippen molar-refractivity contribution >= 4 is 36.4 Å². The minimum absolute atomic E-state index is 0.185. The molecule has 0 saturated heterocycles.